The number of halogens is 3. The Morgan fingerprint density at radius 3 is 2.32 bits per heavy atom. The average molecular weight is 266 g/mol. The van der Waals surface area contributed by atoms with Crippen LogP contribution in [0.2, 0.25) is 0 Å². The predicted octanol–water partition coefficient (Wildman–Crippen LogP) is 3.67. The molecule has 0 aliphatic rings. The lowest BCUT2D eigenvalue weighted by Crippen LogP contribution is -2.25. The summed E-state index contributed by atoms with van der Waals surface area (Å²) in [5.74, 6) is -2.55. The van der Waals surface area contributed by atoms with Crippen molar-refractivity contribution < 1.29 is 18.3 Å². The third kappa shape index (κ3) is 2.36. The van der Waals surface area contributed by atoms with Gasteiger partial charge in [0.25, 0.3) is 0 Å². The van der Waals surface area contributed by atoms with Crippen molar-refractivity contribution in [2.45, 2.75) is 19.4 Å². The Kier molecular flexibility index (Phi) is 3.37. The summed E-state index contributed by atoms with van der Waals surface area (Å²) in [6.07, 6.45) is 0. The summed E-state index contributed by atoms with van der Waals surface area (Å²) >= 11 is 0. The van der Waals surface area contributed by atoms with Gasteiger partial charge in [-0.05, 0) is 43.2 Å². The van der Waals surface area contributed by atoms with Gasteiger partial charge in [-0.2, -0.15) is 0 Å². The highest BCUT2D eigenvalue weighted by Crippen LogP contribution is 2.32. The average Bonchev–Trinajstić information content (AvgIpc) is 2.35. The monoisotopic (exact) mass is 266 g/mol. The van der Waals surface area contributed by atoms with Crippen molar-refractivity contribution in [3.8, 4) is 0 Å². The van der Waals surface area contributed by atoms with Gasteiger partial charge in [0.05, 0.1) is 0 Å². The third-order valence-corrected chi connectivity index (χ3v) is 3.20. The minimum atomic E-state index is -1.73. The van der Waals surface area contributed by atoms with Gasteiger partial charge in [-0.15, -0.1) is 0 Å². The molecular formula is C15H13F3O. The first-order chi connectivity index (χ1) is 8.84. The molecule has 0 saturated carbocycles. The first-order valence-electron chi connectivity index (χ1n) is 5.77. The molecule has 0 heterocycles. The Morgan fingerprint density at radius 2 is 1.68 bits per heavy atom. The second-order valence-corrected chi connectivity index (χ2v) is 4.64. The molecule has 0 fully saturated rings. The minimum absolute atomic E-state index is 0.182. The summed E-state index contributed by atoms with van der Waals surface area (Å²) in [5, 5.41) is 10.4. The van der Waals surface area contributed by atoms with Crippen molar-refractivity contribution in [2.24, 2.45) is 0 Å². The Morgan fingerprint density at radius 1 is 1.00 bits per heavy atom. The van der Waals surface area contributed by atoms with Gasteiger partial charge in [-0.1, -0.05) is 18.2 Å². The lowest BCUT2D eigenvalue weighted by molar-refractivity contribution is 0.0968. The first kappa shape index (κ1) is 13.6. The van der Waals surface area contributed by atoms with Crippen LogP contribution in [0, 0.1) is 24.4 Å². The number of hydrogen-bond acceptors (Lipinski definition) is 1. The topological polar surface area (TPSA) is 20.2 Å². The second-order valence-electron chi connectivity index (χ2n) is 4.64. The van der Waals surface area contributed by atoms with E-state index in [0.717, 1.165) is 6.07 Å². The molecule has 2 aromatic rings. The van der Waals surface area contributed by atoms with E-state index in [1.54, 1.807) is 0 Å². The molecule has 1 nitrogen and oxygen atoms in total. The molecule has 19 heavy (non-hydrogen) atoms. The van der Waals surface area contributed by atoms with E-state index in [1.165, 1.54) is 44.2 Å². The highest BCUT2D eigenvalue weighted by Gasteiger charge is 2.30. The lowest BCUT2D eigenvalue weighted by Gasteiger charge is -2.25. The van der Waals surface area contributed by atoms with Crippen LogP contribution in [0.5, 0.6) is 0 Å². The molecule has 0 bridgehead atoms. The van der Waals surface area contributed by atoms with Crippen LogP contribution in [0.15, 0.2) is 36.4 Å². The van der Waals surface area contributed by atoms with Crippen LogP contribution in [0.3, 0.4) is 0 Å². The number of rotatable bonds is 2. The van der Waals surface area contributed by atoms with Crippen molar-refractivity contribution in [1.29, 1.82) is 0 Å². The van der Waals surface area contributed by atoms with Gasteiger partial charge >= 0.3 is 0 Å². The largest absolute Gasteiger partial charge is 0.381 e. The fourth-order valence-electron chi connectivity index (χ4n) is 1.98. The summed E-state index contributed by atoms with van der Waals surface area (Å²) in [6.45, 7) is 2.88. The highest BCUT2D eigenvalue weighted by atomic mass is 19.2. The Hall–Kier alpha value is -1.81. The van der Waals surface area contributed by atoms with E-state index in [-0.39, 0.29) is 5.56 Å². The highest BCUT2D eigenvalue weighted by molar-refractivity contribution is 5.38. The molecule has 0 saturated heterocycles. The van der Waals surface area contributed by atoms with E-state index >= 15 is 0 Å². The Bertz CT molecular complexity index is 621. The van der Waals surface area contributed by atoms with Crippen molar-refractivity contribution in [2.75, 3.05) is 0 Å². The molecule has 0 aromatic heterocycles. The fourth-order valence-corrected chi connectivity index (χ4v) is 1.98. The van der Waals surface area contributed by atoms with E-state index in [4.69, 9.17) is 0 Å². The van der Waals surface area contributed by atoms with Crippen LogP contribution in [0.1, 0.15) is 23.6 Å². The molecule has 1 N–H and O–H groups in total. The molecule has 1 atom stereocenters. The summed E-state index contributed by atoms with van der Waals surface area (Å²) < 4.78 is 40.2. The van der Waals surface area contributed by atoms with Gasteiger partial charge in [-0.25, -0.2) is 13.2 Å². The van der Waals surface area contributed by atoms with Gasteiger partial charge in [0.1, 0.15) is 11.4 Å². The van der Waals surface area contributed by atoms with E-state index in [9.17, 15) is 18.3 Å². The smallest absolute Gasteiger partial charge is 0.165 e. The number of aryl methyl sites for hydroxylation is 1. The Balaban J connectivity index is 2.58. The van der Waals surface area contributed by atoms with E-state index in [1.807, 2.05) is 0 Å². The van der Waals surface area contributed by atoms with Crippen LogP contribution in [0.25, 0.3) is 0 Å². The first-order valence-corrected chi connectivity index (χ1v) is 5.77. The van der Waals surface area contributed by atoms with Gasteiger partial charge in [0.2, 0.25) is 0 Å². The molecule has 100 valence electrons. The lowest BCUT2D eigenvalue weighted by atomic mass is 9.87. The molecule has 0 aliphatic heterocycles. The van der Waals surface area contributed by atoms with Crippen LogP contribution >= 0.6 is 0 Å². The quantitative estimate of drug-likeness (QED) is 0.879. The van der Waals surface area contributed by atoms with E-state index in [2.05, 4.69) is 0 Å². The number of hydrogen-bond donors (Lipinski definition) is 1. The van der Waals surface area contributed by atoms with Crippen molar-refractivity contribution in [1.82, 2.24) is 0 Å². The van der Waals surface area contributed by atoms with Gasteiger partial charge in [0, 0.05) is 5.56 Å². The van der Waals surface area contributed by atoms with Crippen molar-refractivity contribution >= 4 is 0 Å². The normalized spacial score (nSPS) is 14.2. The molecule has 2 aromatic carbocycles. The summed E-state index contributed by atoms with van der Waals surface area (Å²) in [4.78, 5) is 0. The second kappa shape index (κ2) is 4.70. The predicted molar refractivity (Wildman–Crippen MR) is 66.2 cm³/mol. The molecular weight excluding hydrogens is 253 g/mol. The van der Waals surface area contributed by atoms with Crippen molar-refractivity contribution in [3.05, 3.63) is 70.5 Å². The standard InChI is InChI=1S/C15H13F3O/c1-9-8-10(6-7-12(9)16)15(2,19)11-4-3-5-13(17)14(11)18/h3-8,19H,1-2H3. The zero-order valence-electron chi connectivity index (χ0n) is 10.5. The number of benzene rings is 2. The summed E-state index contributed by atoms with van der Waals surface area (Å²) in [7, 11) is 0. The van der Waals surface area contributed by atoms with Crippen LogP contribution in [-0.2, 0) is 5.60 Å². The summed E-state index contributed by atoms with van der Waals surface area (Å²) in [6, 6.07) is 7.56. The molecule has 0 radical (unpaired) electrons. The van der Waals surface area contributed by atoms with Crippen LogP contribution < -0.4 is 0 Å². The van der Waals surface area contributed by atoms with Gasteiger partial charge in [0.15, 0.2) is 11.6 Å². The Labute approximate surface area is 109 Å². The van der Waals surface area contributed by atoms with E-state index < -0.39 is 23.1 Å². The van der Waals surface area contributed by atoms with Gasteiger partial charge in [-0.3, -0.25) is 0 Å². The SMILES string of the molecule is Cc1cc(C(C)(O)c2cccc(F)c2F)ccc1F. The number of aliphatic hydroxyl groups is 1. The third-order valence-electron chi connectivity index (χ3n) is 3.20. The van der Waals surface area contributed by atoms with E-state index in [0.29, 0.717) is 11.1 Å². The molecule has 0 spiro atoms. The van der Waals surface area contributed by atoms with Crippen LogP contribution in [-0.4, -0.2) is 5.11 Å². The molecule has 4 heteroatoms. The fraction of sp³-hybridized carbons (Fsp3) is 0.200. The maximum absolute atomic E-state index is 13.8. The van der Waals surface area contributed by atoms with Crippen molar-refractivity contribution in [3.63, 3.8) is 0 Å². The minimum Gasteiger partial charge on any atom is -0.381 e. The van der Waals surface area contributed by atoms with Gasteiger partial charge < -0.3 is 5.11 Å². The maximum Gasteiger partial charge on any atom is 0.165 e. The molecule has 0 amide bonds. The molecule has 1 unspecified atom stereocenters. The molecule has 0 aliphatic carbocycles. The zero-order chi connectivity index (χ0) is 14.2. The summed E-state index contributed by atoms with van der Waals surface area (Å²) in [5.41, 5.74) is -1.28. The zero-order valence-corrected chi connectivity index (χ0v) is 10.5. The maximum atomic E-state index is 13.8. The molecule has 2 rings (SSSR count). The van der Waals surface area contributed by atoms with Crippen LogP contribution in [0.4, 0.5) is 13.2 Å².